The minimum atomic E-state index is 0.856. The van der Waals surface area contributed by atoms with E-state index in [9.17, 15) is 0 Å². The van der Waals surface area contributed by atoms with Crippen molar-refractivity contribution in [2.24, 2.45) is 5.92 Å². The highest BCUT2D eigenvalue weighted by Crippen LogP contribution is 2.05. The summed E-state index contributed by atoms with van der Waals surface area (Å²) >= 11 is 0. The minimum absolute atomic E-state index is 0.856. The number of hydrogen-bond donors (Lipinski definition) is 1. The highest BCUT2D eigenvalue weighted by atomic mass is 14.8. The number of nitrogens with one attached hydrogen (secondary N) is 1. The fourth-order valence-electron chi connectivity index (χ4n) is 1.00. The Balaban J connectivity index is 0. The van der Waals surface area contributed by atoms with Crippen molar-refractivity contribution in [1.82, 2.24) is 5.32 Å². The first kappa shape index (κ1) is 13.5. The molecule has 0 fully saturated rings. The third kappa shape index (κ3) is 13.0. The van der Waals surface area contributed by atoms with Gasteiger partial charge in [-0.15, -0.1) is 0 Å². The quantitative estimate of drug-likeness (QED) is 0.650. The molecule has 0 aliphatic heterocycles. The van der Waals surface area contributed by atoms with Gasteiger partial charge in [-0.25, -0.2) is 0 Å². The van der Waals surface area contributed by atoms with Crippen LogP contribution in [-0.4, -0.2) is 13.6 Å². The topological polar surface area (TPSA) is 12.0 Å². The van der Waals surface area contributed by atoms with Crippen molar-refractivity contribution in [3.05, 3.63) is 0 Å². The van der Waals surface area contributed by atoms with Gasteiger partial charge < -0.3 is 5.32 Å². The van der Waals surface area contributed by atoms with Crippen molar-refractivity contribution in [2.45, 2.75) is 47.0 Å². The molecule has 0 saturated carbocycles. The first-order chi connectivity index (χ1) is 5.31. The zero-order valence-electron chi connectivity index (χ0n) is 8.91. The van der Waals surface area contributed by atoms with Gasteiger partial charge in [-0.3, -0.25) is 0 Å². The Kier molecular flexibility index (Phi) is 15.5. The Bertz CT molecular complexity index is 52.8. The van der Waals surface area contributed by atoms with Crippen LogP contribution in [0.1, 0.15) is 47.0 Å². The van der Waals surface area contributed by atoms with Crippen LogP contribution >= 0.6 is 0 Å². The lowest BCUT2D eigenvalue weighted by Crippen LogP contribution is -2.15. The van der Waals surface area contributed by atoms with Crippen LogP contribution in [0.5, 0.6) is 0 Å². The third-order valence-corrected chi connectivity index (χ3v) is 1.60. The summed E-state index contributed by atoms with van der Waals surface area (Å²) in [6.07, 6.45) is 4.08. The molecular formula is C10H25N. The van der Waals surface area contributed by atoms with E-state index in [2.05, 4.69) is 19.2 Å². The van der Waals surface area contributed by atoms with Crippen LogP contribution in [0, 0.1) is 5.92 Å². The molecule has 1 nitrogen and oxygen atoms in total. The van der Waals surface area contributed by atoms with Crippen LogP contribution in [0.2, 0.25) is 0 Å². The van der Waals surface area contributed by atoms with E-state index in [1.54, 1.807) is 0 Å². The van der Waals surface area contributed by atoms with Gasteiger partial charge in [0.15, 0.2) is 0 Å². The second kappa shape index (κ2) is 12.6. The summed E-state index contributed by atoms with van der Waals surface area (Å²) in [6, 6.07) is 0. The van der Waals surface area contributed by atoms with Gasteiger partial charge in [0.1, 0.15) is 0 Å². The van der Waals surface area contributed by atoms with Crippen LogP contribution in [-0.2, 0) is 0 Å². The van der Waals surface area contributed by atoms with Gasteiger partial charge in [0.25, 0.3) is 0 Å². The summed E-state index contributed by atoms with van der Waals surface area (Å²) in [4.78, 5) is 0. The molecule has 0 saturated heterocycles. The van der Waals surface area contributed by atoms with Crippen LogP contribution in [0.3, 0.4) is 0 Å². The average Bonchev–Trinajstić information content (AvgIpc) is 2.05. The Hall–Kier alpha value is -0.0400. The molecule has 70 valence electrons. The zero-order chi connectivity index (χ0) is 9.11. The molecule has 11 heavy (non-hydrogen) atoms. The smallest absolute Gasteiger partial charge is 0.00262 e. The van der Waals surface area contributed by atoms with E-state index in [4.69, 9.17) is 0 Å². The van der Waals surface area contributed by atoms with Crippen molar-refractivity contribution >= 4 is 0 Å². The van der Waals surface area contributed by atoms with Gasteiger partial charge >= 0.3 is 0 Å². The molecular weight excluding hydrogens is 134 g/mol. The predicted octanol–water partition coefficient (Wildman–Crippen LogP) is 3.06. The van der Waals surface area contributed by atoms with Crippen molar-refractivity contribution in [1.29, 1.82) is 0 Å². The van der Waals surface area contributed by atoms with Crippen molar-refractivity contribution in [3.63, 3.8) is 0 Å². The molecule has 0 aliphatic carbocycles. The van der Waals surface area contributed by atoms with Gasteiger partial charge in [0, 0.05) is 0 Å². The molecule has 0 spiro atoms. The third-order valence-electron chi connectivity index (χ3n) is 1.60. The minimum Gasteiger partial charge on any atom is -0.319 e. The number of rotatable bonds is 5. The molecule has 0 heterocycles. The van der Waals surface area contributed by atoms with E-state index < -0.39 is 0 Å². The Morgan fingerprint density at radius 2 is 1.82 bits per heavy atom. The molecule has 0 aliphatic rings. The average molecular weight is 159 g/mol. The molecule has 1 N–H and O–H groups in total. The van der Waals surface area contributed by atoms with Gasteiger partial charge in [0.05, 0.1) is 0 Å². The fourth-order valence-corrected chi connectivity index (χ4v) is 1.00. The van der Waals surface area contributed by atoms with E-state index >= 15 is 0 Å². The normalized spacial score (nSPS) is 11.7. The van der Waals surface area contributed by atoms with Gasteiger partial charge in [-0.1, -0.05) is 40.5 Å². The first-order valence-electron chi connectivity index (χ1n) is 4.95. The van der Waals surface area contributed by atoms with Crippen molar-refractivity contribution in [2.75, 3.05) is 13.6 Å². The standard InChI is InChI=1S/C8H19N.C2H6/c1-4-5-6-8(2)7-9-3;1-2/h8-9H,4-7H2,1-3H3;1-2H3. The predicted molar refractivity (Wildman–Crippen MR) is 54.0 cm³/mol. The van der Waals surface area contributed by atoms with Crippen LogP contribution in [0.25, 0.3) is 0 Å². The van der Waals surface area contributed by atoms with E-state index in [0.717, 1.165) is 5.92 Å². The molecule has 0 rings (SSSR count). The van der Waals surface area contributed by atoms with E-state index in [1.165, 1.54) is 25.8 Å². The van der Waals surface area contributed by atoms with Crippen molar-refractivity contribution < 1.29 is 0 Å². The molecule has 1 unspecified atom stereocenters. The molecule has 0 radical (unpaired) electrons. The Morgan fingerprint density at radius 1 is 1.27 bits per heavy atom. The number of hydrogen-bond acceptors (Lipinski definition) is 1. The van der Waals surface area contributed by atoms with E-state index in [-0.39, 0.29) is 0 Å². The van der Waals surface area contributed by atoms with Crippen molar-refractivity contribution in [3.8, 4) is 0 Å². The summed E-state index contributed by atoms with van der Waals surface area (Å²) in [6.45, 7) is 9.71. The molecule has 1 atom stereocenters. The summed E-state index contributed by atoms with van der Waals surface area (Å²) in [5, 5.41) is 3.18. The fraction of sp³-hybridized carbons (Fsp3) is 1.00. The van der Waals surface area contributed by atoms with Crippen LogP contribution in [0.4, 0.5) is 0 Å². The highest BCUT2D eigenvalue weighted by Gasteiger charge is 1.97. The second-order valence-electron chi connectivity index (χ2n) is 2.81. The molecule has 0 aromatic rings. The highest BCUT2D eigenvalue weighted by molar-refractivity contribution is 4.53. The van der Waals surface area contributed by atoms with Crippen LogP contribution in [0.15, 0.2) is 0 Å². The maximum absolute atomic E-state index is 3.18. The van der Waals surface area contributed by atoms with E-state index in [0.29, 0.717) is 0 Å². The molecule has 0 bridgehead atoms. The largest absolute Gasteiger partial charge is 0.319 e. The summed E-state index contributed by atoms with van der Waals surface area (Å²) in [5.41, 5.74) is 0. The zero-order valence-corrected chi connectivity index (χ0v) is 8.91. The maximum atomic E-state index is 3.18. The summed E-state index contributed by atoms with van der Waals surface area (Å²) in [5.74, 6) is 0.856. The monoisotopic (exact) mass is 159 g/mol. The van der Waals surface area contributed by atoms with Crippen LogP contribution < -0.4 is 5.32 Å². The Morgan fingerprint density at radius 3 is 2.18 bits per heavy atom. The molecule has 0 amide bonds. The SMILES string of the molecule is CC.CCCCC(C)CNC. The second-order valence-corrected chi connectivity index (χ2v) is 2.81. The van der Waals surface area contributed by atoms with E-state index in [1.807, 2.05) is 20.9 Å². The summed E-state index contributed by atoms with van der Waals surface area (Å²) in [7, 11) is 2.02. The first-order valence-corrected chi connectivity index (χ1v) is 4.95. The lowest BCUT2D eigenvalue weighted by Gasteiger charge is -2.08. The molecule has 1 heteroatoms. The van der Waals surface area contributed by atoms with Gasteiger partial charge in [-0.2, -0.15) is 0 Å². The van der Waals surface area contributed by atoms with Gasteiger partial charge in [0.2, 0.25) is 0 Å². The molecule has 0 aromatic heterocycles. The lowest BCUT2D eigenvalue weighted by molar-refractivity contribution is 0.483. The summed E-state index contributed by atoms with van der Waals surface area (Å²) < 4.78 is 0. The Labute approximate surface area is 72.6 Å². The molecule has 0 aromatic carbocycles. The lowest BCUT2D eigenvalue weighted by atomic mass is 10.1. The number of unbranched alkanes of at least 4 members (excludes halogenated alkanes) is 1. The maximum Gasteiger partial charge on any atom is -0.00262 e. The van der Waals surface area contributed by atoms with Gasteiger partial charge in [-0.05, 0) is 25.9 Å².